The summed E-state index contributed by atoms with van der Waals surface area (Å²) in [5, 5.41) is 0. The van der Waals surface area contributed by atoms with Gasteiger partial charge < -0.3 is 0 Å². The van der Waals surface area contributed by atoms with E-state index in [0.717, 1.165) is 0 Å². The Morgan fingerprint density at radius 2 is 1.36 bits per heavy atom. The van der Waals surface area contributed by atoms with E-state index in [2.05, 4.69) is 37.7 Å². The van der Waals surface area contributed by atoms with Crippen molar-refractivity contribution in [3.63, 3.8) is 0 Å². The molecule has 1 heterocycles. The number of aromatic nitrogens is 1. The summed E-state index contributed by atoms with van der Waals surface area (Å²) in [6.07, 6.45) is 4.17. The second kappa shape index (κ2) is 3.56. The SMILES string of the molecule is B.CC(C)(C)[n+]1ccccc1. The molecule has 0 radical (unpaired) electrons. The summed E-state index contributed by atoms with van der Waals surface area (Å²) in [5.41, 5.74) is 0.210. The van der Waals surface area contributed by atoms with Gasteiger partial charge in [-0.2, -0.15) is 0 Å². The standard InChI is InChI=1S/C9H14N.BH3/c1-9(2,3)10-7-5-4-6-8-10;/h4-8H,1-3H3;1H3/q+1;. The van der Waals surface area contributed by atoms with Crippen molar-refractivity contribution in [1.82, 2.24) is 0 Å². The molecule has 0 fully saturated rings. The van der Waals surface area contributed by atoms with Crippen molar-refractivity contribution in [2.45, 2.75) is 26.3 Å². The maximum absolute atomic E-state index is 2.19. The molecule has 0 aromatic carbocycles. The lowest BCUT2D eigenvalue weighted by molar-refractivity contribution is -0.754. The van der Waals surface area contributed by atoms with Gasteiger partial charge in [-0.15, -0.1) is 0 Å². The predicted octanol–water partition coefficient (Wildman–Crippen LogP) is 0.545. The van der Waals surface area contributed by atoms with Crippen LogP contribution in [0.5, 0.6) is 0 Å². The van der Waals surface area contributed by atoms with Gasteiger partial charge in [0.2, 0.25) is 0 Å². The highest BCUT2D eigenvalue weighted by Gasteiger charge is 2.19. The van der Waals surface area contributed by atoms with Gasteiger partial charge in [-0.1, -0.05) is 6.07 Å². The summed E-state index contributed by atoms with van der Waals surface area (Å²) in [6, 6.07) is 6.12. The summed E-state index contributed by atoms with van der Waals surface area (Å²) < 4.78 is 2.19. The second-order valence-corrected chi connectivity index (χ2v) is 3.45. The van der Waals surface area contributed by atoms with E-state index in [1.807, 2.05) is 18.2 Å². The van der Waals surface area contributed by atoms with Crippen LogP contribution in [0.2, 0.25) is 0 Å². The lowest BCUT2D eigenvalue weighted by atomic mass is 10.1. The molecule has 0 N–H and O–H groups in total. The monoisotopic (exact) mass is 150 g/mol. The molecule has 0 aliphatic carbocycles. The minimum absolute atomic E-state index is 0. The van der Waals surface area contributed by atoms with Crippen LogP contribution in [0.25, 0.3) is 0 Å². The van der Waals surface area contributed by atoms with Crippen molar-refractivity contribution in [2.24, 2.45) is 0 Å². The Labute approximate surface area is 70.6 Å². The molecule has 0 amide bonds. The molecule has 0 bridgehead atoms. The fourth-order valence-corrected chi connectivity index (χ4v) is 0.846. The van der Waals surface area contributed by atoms with Crippen LogP contribution in [-0.2, 0) is 5.54 Å². The highest BCUT2D eigenvalue weighted by molar-refractivity contribution is 5.75. The van der Waals surface area contributed by atoms with E-state index in [1.54, 1.807) is 0 Å². The minimum Gasteiger partial charge on any atom is -0.201 e. The third kappa shape index (κ3) is 2.75. The van der Waals surface area contributed by atoms with Crippen LogP contribution in [0, 0.1) is 0 Å². The zero-order chi connectivity index (χ0) is 7.61. The van der Waals surface area contributed by atoms with Crippen molar-refractivity contribution in [1.29, 1.82) is 0 Å². The molecule has 1 rings (SSSR count). The number of hydrogen-bond acceptors (Lipinski definition) is 0. The van der Waals surface area contributed by atoms with Crippen LogP contribution in [-0.4, -0.2) is 8.41 Å². The summed E-state index contributed by atoms with van der Waals surface area (Å²) in [5.74, 6) is 0. The van der Waals surface area contributed by atoms with Crippen molar-refractivity contribution in [3.8, 4) is 0 Å². The van der Waals surface area contributed by atoms with Gasteiger partial charge in [0.05, 0.1) is 8.41 Å². The highest BCUT2D eigenvalue weighted by atomic mass is 15.0. The molecule has 2 heteroatoms. The molecule has 0 aliphatic heterocycles. The Morgan fingerprint density at radius 1 is 0.909 bits per heavy atom. The van der Waals surface area contributed by atoms with E-state index < -0.39 is 0 Å². The average Bonchev–Trinajstić information content (AvgIpc) is 1.88. The van der Waals surface area contributed by atoms with Crippen LogP contribution < -0.4 is 4.57 Å². The van der Waals surface area contributed by atoms with E-state index in [9.17, 15) is 0 Å². The summed E-state index contributed by atoms with van der Waals surface area (Å²) in [6.45, 7) is 6.56. The number of hydrogen-bond donors (Lipinski definition) is 0. The molecule has 0 saturated heterocycles. The second-order valence-electron chi connectivity index (χ2n) is 3.45. The third-order valence-electron chi connectivity index (χ3n) is 1.49. The average molecular weight is 150 g/mol. The summed E-state index contributed by atoms with van der Waals surface area (Å²) in [4.78, 5) is 0. The van der Waals surface area contributed by atoms with Crippen LogP contribution in [0.4, 0.5) is 0 Å². The highest BCUT2D eigenvalue weighted by Crippen LogP contribution is 2.01. The Kier molecular flexibility index (Phi) is 3.31. The molecule has 1 aromatic rings. The van der Waals surface area contributed by atoms with Gasteiger partial charge in [-0.05, 0) is 0 Å². The van der Waals surface area contributed by atoms with E-state index in [0.29, 0.717) is 0 Å². The number of nitrogens with zero attached hydrogens (tertiary/aromatic N) is 1. The molecular weight excluding hydrogens is 133 g/mol. The fourth-order valence-electron chi connectivity index (χ4n) is 0.846. The van der Waals surface area contributed by atoms with Crippen LogP contribution in [0.3, 0.4) is 0 Å². The molecule has 1 nitrogen and oxygen atoms in total. The molecule has 0 spiro atoms. The van der Waals surface area contributed by atoms with Gasteiger partial charge in [0, 0.05) is 32.9 Å². The number of rotatable bonds is 0. The van der Waals surface area contributed by atoms with Crippen molar-refractivity contribution < 1.29 is 4.57 Å². The van der Waals surface area contributed by atoms with Crippen molar-refractivity contribution in [2.75, 3.05) is 0 Å². The van der Waals surface area contributed by atoms with E-state index in [1.165, 1.54) is 0 Å². The van der Waals surface area contributed by atoms with Crippen LogP contribution in [0.15, 0.2) is 30.6 Å². The lowest BCUT2D eigenvalue weighted by Gasteiger charge is -2.11. The Bertz CT molecular complexity index is 201. The van der Waals surface area contributed by atoms with Crippen molar-refractivity contribution >= 4 is 8.41 Å². The van der Waals surface area contributed by atoms with Crippen molar-refractivity contribution in [3.05, 3.63) is 30.6 Å². The molecule has 11 heavy (non-hydrogen) atoms. The Balaban J connectivity index is 0.000001000. The molecule has 60 valence electrons. The van der Waals surface area contributed by atoms with Crippen LogP contribution in [0.1, 0.15) is 20.8 Å². The Morgan fingerprint density at radius 3 is 1.64 bits per heavy atom. The maximum Gasteiger partial charge on any atom is 0.169 e. The zero-order valence-corrected chi connectivity index (χ0v) is 6.83. The fraction of sp³-hybridized carbons (Fsp3) is 0.444. The first-order valence-electron chi connectivity index (χ1n) is 3.57. The molecule has 0 unspecified atom stereocenters. The third-order valence-corrected chi connectivity index (χ3v) is 1.49. The van der Waals surface area contributed by atoms with Gasteiger partial charge >= 0.3 is 0 Å². The first kappa shape index (κ1) is 10.2. The summed E-state index contributed by atoms with van der Waals surface area (Å²) >= 11 is 0. The maximum atomic E-state index is 2.19. The smallest absolute Gasteiger partial charge is 0.169 e. The van der Waals surface area contributed by atoms with E-state index in [4.69, 9.17) is 0 Å². The van der Waals surface area contributed by atoms with Gasteiger partial charge in [-0.25, -0.2) is 4.57 Å². The quantitative estimate of drug-likeness (QED) is 0.375. The van der Waals surface area contributed by atoms with Gasteiger partial charge in [0.1, 0.15) is 0 Å². The van der Waals surface area contributed by atoms with Gasteiger partial charge in [0.25, 0.3) is 0 Å². The molecular formula is C9H17BN+. The van der Waals surface area contributed by atoms with Crippen LogP contribution >= 0.6 is 0 Å². The summed E-state index contributed by atoms with van der Waals surface area (Å²) in [7, 11) is 0. The topological polar surface area (TPSA) is 3.88 Å². The largest absolute Gasteiger partial charge is 0.201 e. The minimum atomic E-state index is 0. The predicted molar refractivity (Wildman–Crippen MR) is 51.6 cm³/mol. The Hall–Kier alpha value is -0.785. The first-order chi connectivity index (χ1) is 4.61. The molecule has 0 atom stereocenters. The number of pyridine rings is 1. The van der Waals surface area contributed by atoms with E-state index >= 15 is 0 Å². The molecule has 0 saturated carbocycles. The first-order valence-corrected chi connectivity index (χ1v) is 3.57. The zero-order valence-electron chi connectivity index (χ0n) is 6.83. The lowest BCUT2D eigenvalue weighted by Crippen LogP contribution is -2.49. The van der Waals surface area contributed by atoms with Gasteiger partial charge in [-0.3, -0.25) is 0 Å². The molecule has 1 aromatic heterocycles. The van der Waals surface area contributed by atoms with E-state index in [-0.39, 0.29) is 14.0 Å². The normalized spacial score (nSPS) is 10.5. The molecule has 0 aliphatic rings. The van der Waals surface area contributed by atoms with Gasteiger partial charge in [0.15, 0.2) is 17.9 Å².